The normalized spacial score (nSPS) is 18.3. The van der Waals surface area contributed by atoms with E-state index in [9.17, 15) is 8.42 Å². The van der Waals surface area contributed by atoms with E-state index in [0.29, 0.717) is 18.1 Å². The zero-order valence-electron chi connectivity index (χ0n) is 11.7. The molecule has 1 fully saturated rings. The summed E-state index contributed by atoms with van der Waals surface area (Å²) in [6.07, 6.45) is 2.87. The van der Waals surface area contributed by atoms with Gasteiger partial charge in [-0.3, -0.25) is 0 Å². The van der Waals surface area contributed by atoms with E-state index in [2.05, 4.69) is 10.0 Å². The van der Waals surface area contributed by atoms with E-state index in [1.165, 1.54) is 0 Å². The number of rotatable bonds is 6. The summed E-state index contributed by atoms with van der Waals surface area (Å²) >= 11 is 0. The van der Waals surface area contributed by atoms with Crippen LogP contribution >= 0.6 is 0 Å². The van der Waals surface area contributed by atoms with Crippen LogP contribution in [0, 0.1) is 6.92 Å². The third kappa shape index (κ3) is 3.19. The fraction of sp³-hybridized carbons (Fsp3) is 0.692. The zero-order chi connectivity index (χ0) is 14.1. The highest BCUT2D eigenvalue weighted by Crippen LogP contribution is 2.33. The van der Waals surface area contributed by atoms with Crippen molar-refractivity contribution in [3.8, 4) is 0 Å². The first kappa shape index (κ1) is 14.6. The molecule has 0 unspecified atom stereocenters. The number of nitrogens with one attached hydrogen (secondary N) is 2. The predicted octanol–water partition coefficient (Wildman–Crippen LogP) is 1.92. The molecule has 0 amide bonds. The topological polar surface area (TPSA) is 71.3 Å². The maximum absolute atomic E-state index is 12.4. The third-order valence-corrected chi connectivity index (χ3v) is 5.35. The van der Waals surface area contributed by atoms with Crippen LogP contribution in [0.25, 0.3) is 0 Å². The number of hydrogen-bond donors (Lipinski definition) is 2. The van der Waals surface area contributed by atoms with Crippen LogP contribution in [0.15, 0.2) is 15.4 Å². The Morgan fingerprint density at radius 1 is 1.42 bits per heavy atom. The first-order chi connectivity index (χ1) is 8.86. The standard InChI is InChI=1S/C13H22N2O3S/c1-4-14-9-11-8-12(10(2)18-11)19(16,17)15-13(3)6-5-7-13/h8,14-15H,4-7,9H2,1-3H3. The van der Waals surface area contributed by atoms with Crippen molar-refractivity contribution in [2.24, 2.45) is 0 Å². The van der Waals surface area contributed by atoms with E-state index in [1.807, 2.05) is 13.8 Å². The average Bonchev–Trinajstić information content (AvgIpc) is 2.66. The molecule has 1 saturated carbocycles. The highest BCUT2D eigenvalue weighted by Gasteiger charge is 2.37. The smallest absolute Gasteiger partial charge is 0.244 e. The van der Waals surface area contributed by atoms with Crippen molar-refractivity contribution in [1.29, 1.82) is 0 Å². The lowest BCUT2D eigenvalue weighted by Gasteiger charge is -2.38. The molecule has 0 saturated heterocycles. The number of sulfonamides is 1. The second-order valence-electron chi connectivity index (χ2n) is 5.43. The van der Waals surface area contributed by atoms with Crippen LogP contribution in [-0.4, -0.2) is 20.5 Å². The Labute approximate surface area is 114 Å². The number of hydrogen-bond acceptors (Lipinski definition) is 4. The van der Waals surface area contributed by atoms with Crippen LogP contribution in [0.3, 0.4) is 0 Å². The van der Waals surface area contributed by atoms with Crippen molar-refractivity contribution in [2.75, 3.05) is 6.54 Å². The van der Waals surface area contributed by atoms with Crippen molar-refractivity contribution < 1.29 is 12.8 Å². The van der Waals surface area contributed by atoms with Crippen LogP contribution in [0.4, 0.5) is 0 Å². The summed E-state index contributed by atoms with van der Waals surface area (Å²) in [7, 11) is -3.49. The Hall–Kier alpha value is -0.850. The number of aryl methyl sites for hydroxylation is 1. The van der Waals surface area contributed by atoms with E-state index in [1.54, 1.807) is 13.0 Å². The minimum Gasteiger partial charge on any atom is -0.464 e. The van der Waals surface area contributed by atoms with E-state index < -0.39 is 10.0 Å². The highest BCUT2D eigenvalue weighted by molar-refractivity contribution is 7.89. The lowest BCUT2D eigenvalue weighted by Crippen LogP contribution is -2.50. The number of furan rings is 1. The van der Waals surface area contributed by atoms with Gasteiger partial charge in [0.15, 0.2) is 0 Å². The van der Waals surface area contributed by atoms with E-state index in [0.717, 1.165) is 25.8 Å². The van der Waals surface area contributed by atoms with Gasteiger partial charge in [0.05, 0.1) is 6.54 Å². The highest BCUT2D eigenvalue weighted by atomic mass is 32.2. The molecule has 0 aromatic carbocycles. The van der Waals surface area contributed by atoms with Crippen LogP contribution < -0.4 is 10.0 Å². The molecule has 1 aromatic heterocycles. The lowest BCUT2D eigenvalue weighted by molar-refractivity contribution is 0.248. The molecule has 0 atom stereocenters. The largest absolute Gasteiger partial charge is 0.464 e. The van der Waals surface area contributed by atoms with Gasteiger partial charge in [0.25, 0.3) is 0 Å². The summed E-state index contributed by atoms with van der Waals surface area (Å²) in [6, 6.07) is 1.61. The van der Waals surface area contributed by atoms with E-state index in [4.69, 9.17) is 4.42 Å². The summed E-state index contributed by atoms with van der Waals surface area (Å²) in [6.45, 7) is 6.99. The van der Waals surface area contributed by atoms with E-state index in [-0.39, 0.29) is 10.4 Å². The molecular formula is C13H22N2O3S. The van der Waals surface area contributed by atoms with Crippen LogP contribution in [0.5, 0.6) is 0 Å². The van der Waals surface area contributed by atoms with Crippen LogP contribution in [-0.2, 0) is 16.6 Å². The van der Waals surface area contributed by atoms with Gasteiger partial charge in [0.1, 0.15) is 16.4 Å². The van der Waals surface area contributed by atoms with Gasteiger partial charge < -0.3 is 9.73 Å². The van der Waals surface area contributed by atoms with Crippen molar-refractivity contribution in [3.05, 3.63) is 17.6 Å². The monoisotopic (exact) mass is 286 g/mol. The summed E-state index contributed by atoms with van der Waals surface area (Å²) in [4.78, 5) is 0.258. The van der Waals surface area contributed by atoms with Crippen molar-refractivity contribution >= 4 is 10.0 Å². The molecule has 5 nitrogen and oxygen atoms in total. The van der Waals surface area contributed by atoms with Gasteiger partial charge in [-0.05, 0) is 39.7 Å². The molecule has 1 aliphatic carbocycles. The maximum atomic E-state index is 12.4. The third-order valence-electron chi connectivity index (χ3n) is 3.60. The first-order valence-electron chi connectivity index (χ1n) is 6.70. The second-order valence-corrected chi connectivity index (χ2v) is 7.08. The van der Waals surface area contributed by atoms with Gasteiger partial charge in [-0.15, -0.1) is 0 Å². The lowest BCUT2D eigenvalue weighted by atomic mass is 9.80. The first-order valence-corrected chi connectivity index (χ1v) is 8.19. The SMILES string of the molecule is CCNCc1cc(S(=O)(=O)NC2(C)CCC2)c(C)o1. The van der Waals surface area contributed by atoms with Gasteiger partial charge in [0.2, 0.25) is 10.0 Å². The van der Waals surface area contributed by atoms with Crippen LogP contribution in [0.1, 0.15) is 44.6 Å². The maximum Gasteiger partial charge on any atom is 0.244 e. The molecule has 0 bridgehead atoms. The van der Waals surface area contributed by atoms with Gasteiger partial charge >= 0.3 is 0 Å². The summed E-state index contributed by atoms with van der Waals surface area (Å²) in [5.41, 5.74) is -0.287. The van der Waals surface area contributed by atoms with Gasteiger partial charge in [-0.2, -0.15) is 0 Å². The van der Waals surface area contributed by atoms with Crippen molar-refractivity contribution in [1.82, 2.24) is 10.0 Å². The molecule has 6 heteroatoms. The van der Waals surface area contributed by atoms with Crippen molar-refractivity contribution in [2.45, 2.75) is 57.0 Å². The fourth-order valence-electron chi connectivity index (χ4n) is 2.31. The molecule has 1 aliphatic rings. The summed E-state index contributed by atoms with van der Waals surface area (Å²) in [5.74, 6) is 1.10. The molecule has 19 heavy (non-hydrogen) atoms. The van der Waals surface area contributed by atoms with Gasteiger partial charge in [0, 0.05) is 11.6 Å². The molecule has 0 radical (unpaired) electrons. The molecule has 0 aliphatic heterocycles. The fourth-order valence-corrected chi connectivity index (χ4v) is 3.98. The molecule has 2 N–H and O–H groups in total. The molecule has 108 valence electrons. The summed E-state index contributed by atoms with van der Waals surface area (Å²) < 4.78 is 33.0. The Balaban J connectivity index is 2.17. The van der Waals surface area contributed by atoms with Gasteiger partial charge in [-0.25, -0.2) is 13.1 Å². The Morgan fingerprint density at radius 2 is 2.11 bits per heavy atom. The quantitative estimate of drug-likeness (QED) is 0.838. The Morgan fingerprint density at radius 3 is 2.63 bits per heavy atom. The van der Waals surface area contributed by atoms with Crippen molar-refractivity contribution in [3.63, 3.8) is 0 Å². The predicted molar refractivity (Wildman–Crippen MR) is 73.4 cm³/mol. The Kier molecular flexibility index (Phi) is 4.03. The minimum absolute atomic E-state index is 0.258. The zero-order valence-corrected chi connectivity index (χ0v) is 12.6. The van der Waals surface area contributed by atoms with E-state index >= 15 is 0 Å². The van der Waals surface area contributed by atoms with Gasteiger partial charge in [-0.1, -0.05) is 6.92 Å². The molecule has 2 rings (SSSR count). The molecule has 1 aromatic rings. The minimum atomic E-state index is -3.49. The molecule has 1 heterocycles. The molecular weight excluding hydrogens is 264 g/mol. The summed E-state index contributed by atoms with van der Waals surface area (Å²) in [5, 5.41) is 3.12. The molecule has 0 spiro atoms. The van der Waals surface area contributed by atoms with Crippen LogP contribution in [0.2, 0.25) is 0 Å². The second kappa shape index (κ2) is 5.26. The Bertz CT molecular complexity index is 544. The average molecular weight is 286 g/mol.